The van der Waals surface area contributed by atoms with Gasteiger partial charge in [0.15, 0.2) is 0 Å². The molecule has 22 heavy (non-hydrogen) atoms. The molecule has 1 atom stereocenters. The number of nitrogens with one attached hydrogen (secondary N) is 1. The fourth-order valence-electron chi connectivity index (χ4n) is 3.23. The van der Waals surface area contributed by atoms with Gasteiger partial charge in [0.1, 0.15) is 5.75 Å². The van der Waals surface area contributed by atoms with Crippen LogP contribution in [0.3, 0.4) is 0 Å². The molecule has 1 N–H and O–H groups in total. The molecule has 1 aliphatic rings. The van der Waals surface area contributed by atoms with Gasteiger partial charge in [-0.2, -0.15) is 0 Å². The van der Waals surface area contributed by atoms with Crippen molar-refractivity contribution in [3.05, 3.63) is 65.2 Å². The van der Waals surface area contributed by atoms with Gasteiger partial charge in [-0.05, 0) is 18.6 Å². The number of benzene rings is 2. The molecule has 0 saturated carbocycles. The predicted octanol–water partition coefficient (Wildman–Crippen LogP) is 3.00. The highest BCUT2D eigenvalue weighted by Gasteiger charge is 2.26. The Kier molecular flexibility index (Phi) is 4.76. The third-order valence-corrected chi connectivity index (χ3v) is 4.31. The number of rotatable bonds is 4. The molecule has 116 valence electrons. The fraction of sp³-hybridized carbons (Fsp3) is 0.368. The first-order chi connectivity index (χ1) is 10.8. The van der Waals surface area contributed by atoms with E-state index in [0.29, 0.717) is 0 Å². The Bertz CT molecular complexity index is 606. The van der Waals surface area contributed by atoms with Gasteiger partial charge in [0.25, 0.3) is 0 Å². The minimum Gasteiger partial charge on any atom is -0.496 e. The lowest BCUT2D eigenvalue weighted by atomic mass is 9.94. The summed E-state index contributed by atoms with van der Waals surface area (Å²) in [4.78, 5) is 2.54. The monoisotopic (exact) mass is 296 g/mol. The average Bonchev–Trinajstić information content (AvgIpc) is 2.57. The van der Waals surface area contributed by atoms with Gasteiger partial charge in [-0.15, -0.1) is 0 Å². The summed E-state index contributed by atoms with van der Waals surface area (Å²) in [7, 11) is 1.76. The Morgan fingerprint density at radius 2 is 1.77 bits per heavy atom. The molecular formula is C19H24N2O. The number of nitrogens with zero attached hydrogens (tertiary/aromatic N) is 1. The number of methoxy groups -OCH3 is 1. The molecule has 1 fully saturated rings. The SMILES string of the molecule is COc1ccc(C)cc1C(c1ccccc1)N1CCNCC1. The zero-order valence-electron chi connectivity index (χ0n) is 13.4. The van der Waals surface area contributed by atoms with Crippen LogP contribution < -0.4 is 10.1 Å². The van der Waals surface area contributed by atoms with E-state index in [1.165, 1.54) is 16.7 Å². The van der Waals surface area contributed by atoms with E-state index in [2.05, 4.69) is 65.7 Å². The number of ether oxygens (including phenoxy) is 1. The standard InChI is InChI=1S/C19H24N2O/c1-15-8-9-18(22-2)17(14-15)19(16-6-4-3-5-7-16)21-12-10-20-11-13-21/h3-9,14,19-20H,10-13H2,1-2H3. The second-order valence-corrected chi connectivity index (χ2v) is 5.84. The van der Waals surface area contributed by atoms with Crippen molar-refractivity contribution < 1.29 is 4.74 Å². The number of hydrogen-bond donors (Lipinski definition) is 1. The van der Waals surface area contributed by atoms with Gasteiger partial charge in [-0.25, -0.2) is 0 Å². The van der Waals surface area contributed by atoms with Crippen LogP contribution in [0.1, 0.15) is 22.7 Å². The average molecular weight is 296 g/mol. The van der Waals surface area contributed by atoms with Crippen LogP contribution in [-0.2, 0) is 0 Å². The van der Waals surface area contributed by atoms with E-state index in [4.69, 9.17) is 4.74 Å². The van der Waals surface area contributed by atoms with Crippen LogP contribution in [0.4, 0.5) is 0 Å². The fourth-order valence-corrected chi connectivity index (χ4v) is 3.23. The molecule has 0 spiro atoms. The first-order valence-corrected chi connectivity index (χ1v) is 7.94. The molecule has 2 aromatic carbocycles. The first kappa shape index (κ1) is 15.1. The molecule has 3 nitrogen and oxygen atoms in total. The van der Waals surface area contributed by atoms with Crippen molar-refractivity contribution in [3.63, 3.8) is 0 Å². The van der Waals surface area contributed by atoms with Gasteiger partial charge < -0.3 is 10.1 Å². The van der Waals surface area contributed by atoms with E-state index in [-0.39, 0.29) is 6.04 Å². The van der Waals surface area contributed by atoms with Crippen molar-refractivity contribution in [2.45, 2.75) is 13.0 Å². The molecule has 2 aromatic rings. The smallest absolute Gasteiger partial charge is 0.124 e. The predicted molar refractivity (Wildman–Crippen MR) is 90.5 cm³/mol. The van der Waals surface area contributed by atoms with Crippen LogP contribution in [0.5, 0.6) is 5.75 Å². The lowest BCUT2D eigenvalue weighted by Crippen LogP contribution is -2.45. The van der Waals surface area contributed by atoms with Gasteiger partial charge in [0, 0.05) is 31.7 Å². The number of aryl methyl sites for hydroxylation is 1. The Balaban J connectivity index is 2.07. The maximum Gasteiger partial charge on any atom is 0.124 e. The summed E-state index contributed by atoms with van der Waals surface area (Å²) in [5.41, 5.74) is 3.86. The Morgan fingerprint density at radius 1 is 1.05 bits per heavy atom. The van der Waals surface area contributed by atoms with Crippen LogP contribution in [-0.4, -0.2) is 38.2 Å². The van der Waals surface area contributed by atoms with Crippen molar-refractivity contribution in [1.29, 1.82) is 0 Å². The van der Waals surface area contributed by atoms with Crippen LogP contribution in [0.15, 0.2) is 48.5 Å². The van der Waals surface area contributed by atoms with Gasteiger partial charge in [0.2, 0.25) is 0 Å². The molecule has 1 saturated heterocycles. The largest absolute Gasteiger partial charge is 0.496 e. The van der Waals surface area contributed by atoms with Crippen molar-refractivity contribution in [2.75, 3.05) is 33.3 Å². The van der Waals surface area contributed by atoms with Gasteiger partial charge >= 0.3 is 0 Å². The second kappa shape index (κ2) is 6.95. The molecule has 1 aliphatic heterocycles. The normalized spacial score (nSPS) is 17.2. The van der Waals surface area contributed by atoms with Gasteiger partial charge in [0.05, 0.1) is 13.2 Å². The molecule has 0 bridgehead atoms. The van der Waals surface area contributed by atoms with Crippen LogP contribution >= 0.6 is 0 Å². The summed E-state index contributed by atoms with van der Waals surface area (Å²) in [6.45, 7) is 6.32. The quantitative estimate of drug-likeness (QED) is 0.938. The lowest BCUT2D eigenvalue weighted by molar-refractivity contribution is 0.195. The third-order valence-electron chi connectivity index (χ3n) is 4.31. The first-order valence-electron chi connectivity index (χ1n) is 7.94. The van der Waals surface area contributed by atoms with E-state index < -0.39 is 0 Å². The van der Waals surface area contributed by atoms with E-state index in [9.17, 15) is 0 Å². The summed E-state index contributed by atoms with van der Waals surface area (Å²) in [6, 6.07) is 17.5. The van der Waals surface area contributed by atoms with E-state index in [0.717, 1.165) is 31.9 Å². The zero-order chi connectivity index (χ0) is 15.4. The van der Waals surface area contributed by atoms with E-state index in [1.54, 1.807) is 7.11 Å². The van der Waals surface area contributed by atoms with Gasteiger partial charge in [-0.1, -0.05) is 48.0 Å². The maximum absolute atomic E-state index is 5.65. The molecule has 0 radical (unpaired) electrons. The molecule has 1 unspecified atom stereocenters. The molecule has 0 amide bonds. The summed E-state index contributed by atoms with van der Waals surface area (Å²) < 4.78 is 5.65. The molecule has 3 rings (SSSR count). The summed E-state index contributed by atoms with van der Waals surface area (Å²) in [6.07, 6.45) is 0. The molecular weight excluding hydrogens is 272 g/mol. The highest BCUT2D eigenvalue weighted by molar-refractivity contribution is 5.44. The van der Waals surface area contributed by atoms with Crippen molar-refractivity contribution >= 4 is 0 Å². The van der Waals surface area contributed by atoms with Crippen molar-refractivity contribution in [2.24, 2.45) is 0 Å². The number of hydrogen-bond acceptors (Lipinski definition) is 3. The molecule has 0 aliphatic carbocycles. The van der Waals surface area contributed by atoms with Crippen molar-refractivity contribution in [1.82, 2.24) is 10.2 Å². The summed E-state index contributed by atoms with van der Waals surface area (Å²) >= 11 is 0. The zero-order valence-corrected chi connectivity index (χ0v) is 13.4. The van der Waals surface area contributed by atoms with E-state index >= 15 is 0 Å². The van der Waals surface area contributed by atoms with Crippen LogP contribution in [0.25, 0.3) is 0 Å². The van der Waals surface area contributed by atoms with Gasteiger partial charge in [-0.3, -0.25) is 4.90 Å². The molecule has 1 heterocycles. The van der Waals surface area contributed by atoms with Crippen LogP contribution in [0.2, 0.25) is 0 Å². The molecule has 0 aromatic heterocycles. The maximum atomic E-state index is 5.65. The summed E-state index contributed by atoms with van der Waals surface area (Å²) in [5, 5.41) is 3.44. The minimum absolute atomic E-state index is 0.248. The summed E-state index contributed by atoms with van der Waals surface area (Å²) in [5.74, 6) is 0.970. The van der Waals surface area contributed by atoms with Crippen molar-refractivity contribution in [3.8, 4) is 5.75 Å². The highest BCUT2D eigenvalue weighted by atomic mass is 16.5. The van der Waals surface area contributed by atoms with Crippen LogP contribution in [0, 0.1) is 6.92 Å². The Hall–Kier alpha value is -1.84. The Morgan fingerprint density at radius 3 is 2.45 bits per heavy atom. The van der Waals surface area contributed by atoms with E-state index in [1.807, 2.05) is 0 Å². The highest BCUT2D eigenvalue weighted by Crippen LogP contribution is 2.35. The number of piperazine rings is 1. The molecule has 3 heteroatoms. The third kappa shape index (κ3) is 3.16. The topological polar surface area (TPSA) is 24.5 Å². The lowest BCUT2D eigenvalue weighted by Gasteiger charge is -2.36. The minimum atomic E-state index is 0.248. The second-order valence-electron chi connectivity index (χ2n) is 5.84. The Labute approximate surface area is 132 Å².